The third kappa shape index (κ3) is 3.80. The van der Waals surface area contributed by atoms with Crippen molar-refractivity contribution < 1.29 is 8.42 Å². The largest absolute Gasteiger partial charge is 0.309 e. The molecule has 0 saturated heterocycles. The van der Waals surface area contributed by atoms with Crippen LogP contribution < -0.4 is 5.32 Å². The molecule has 1 aliphatic rings. The van der Waals surface area contributed by atoms with E-state index in [0.29, 0.717) is 6.04 Å². The van der Waals surface area contributed by atoms with Crippen molar-refractivity contribution in [1.29, 1.82) is 0 Å². The standard InChI is InChI=1S/C13H21NO2S2/c1-10-6-7-12(17-10)9-14-11-4-3-5-13(8-11)18(2,15)16/h6-7,11,13-14H,3-5,8-9H2,1-2H3. The molecule has 0 spiro atoms. The third-order valence-electron chi connectivity index (χ3n) is 3.59. The Bertz CT molecular complexity index is 493. The summed E-state index contributed by atoms with van der Waals surface area (Å²) >= 11 is 1.80. The molecule has 18 heavy (non-hydrogen) atoms. The second-order valence-corrected chi connectivity index (χ2v) is 8.91. The zero-order valence-corrected chi connectivity index (χ0v) is 12.6. The fourth-order valence-electron chi connectivity index (χ4n) is 2.54. The molecule has 0 aromatic carbocycles. The van der Waals surface area contributed by atoms with Crippen LogP contribution in [0.3, 0.4) is 0 Å². The lowest BCUT2D eigenvalue weighted by molar-refractivity contribution is 0.372. The first-order valence-electron chi connectivity index (χ1n) is 6.42. The first-order chi connectivity index (χ1) is 8.45. The van der Waals surface area contributed by atoms with E-state index in [2.05, 4.69) is 24.4 Å². The Morgan fingerprint density at radius 1 is 1.39 bits per heavy atom. The molecule has 0 aliphatic heterocycles. The molecule has 1 N–H and O–H groups in total. The van der Waals surface area contributed by atoms with Gasteiger partial charge in [-0.05, 0) is 38.3 Å². The second kappa shape index (κ2) is 5.72. The summed E-state index contributed by atoms with van der Waals surface area (Å²) in [6.07, 6.45) is 5.07. The third-order valence-corrected chi connectivity index (χ3v) is 6.23. The quantitative estimate of drug-likeness (QED) is 0.925. The molecule has 1 aliphatic carbocycles. The number of rotatable bonds is 4. The zero-order valence-electron chi connectivity index (χ0n) is 11.0. The van der Waals surface area contributed by atoms with Crippen molar-refractivity contribution in [3.63, 3.8) is 0 Å². The molecule has 0 radical (unpaired) electrons. The van der Waals surface area contributed by atoms with E-state index >= 15 is 0 Å². The molecule has 5 heteroatoms. The Balaban J connectivity index is 1.86. The topological polar surface area (TPSA) is 46.2 Å². The highest BCUT2D eigenvalue weighted by molar-refractivity contribution is 7.91. The molecule has 1 aromatic heterocycles. The van der Waals surface area contributed by atoms with Crippen molar-refractivity contribution in [2.75, 3.05) is 6.26 Å². The second-order valence-electron chi connectivity index (χ2n) is 5.21. The van der Waals surface area contributed by atoms with Crippen molar-refractivity contribution in [3.8, 4) is 0 Å². The highest BCUT2D eigenvalue weighted by Crippen LogP contribution is 2.24. The number of aryl methyl sites for hydroxylation is 1. The van der Waals surface area contributed by atoms with Gasteiger partial charge < -0.3 is 5.32 Å². The van der Waals surface area contributed by atoms with Gasteiger partial charge in [-0.1, -0.05) is 6.42 Å². The van der Waals surface area contributed by atoms with Gasteiger partial charge in [0.05, 0.1) is 5.25 Å². The van der Waals surface area contributed by atoms with Crippen molar-refractivity contribution in [2.24, 2.45) is 0 Å². The molecule has 1 heterocycles. The van der Waals surface area contributed by atoms with E-state index in [9.17, 15) is 8.42 Å². The first kappa shape index (κ1) is 14.0. The Morgan fingerprint density at radius 2 is 2.17 bits per heavy atom. The van der Waals surface area contributed by atoms with Gasteiger partial charge in [-0.3, -0.25) is 0 Å². The fourth-order valence-corrected chi connectivity index (χ4v) is 4.56. The van der Waals surface area contributed by atoms with Crippen LogP contribution >= 0.6 is 11.3 Å². The molecule has 3 nitrogen and oxygen atoms in total. The Labute approximate surface area is 114 Å². The van der Waals surface area contributed by atoms with Crippen LogP contribution in [0, 0.1) is 6.92 Å². The monoisotopic (exact) mass is 287 g/mol. The minimum absolute atomic E-state index is 0.145. The van der Waals surface area contributed by atoms with Crippen LogP contribution in [-0.2, 0) is 16.4 Å². The number of hydrogen-bond donors (Lipinski definition) is 1. The van der Waals surface area contributed by atoms with Gasteiger partial charge in [0, 0.05) is 28.6 Å². The van der Waals surface area contributed by atoms with E-state index in [1.54, 1.807) is 11.3 Å². The van der Waals surface area contributed by atoms with Gasteiger partial charge in [0.2, 0.25) is 0 Å². The summed E-state index contributed by atoms with van der Waals surface area (Å²) in [4.78, 5) is 2.65. The normalized spacial score (nSPS) is 25.2. The number of hydrogen-bond acceptors (Lipinski definition) is 4. The number of nitrogens with one attached hydrogen (secondary N) is 1. The average molecular weight is 287 g/mol. The zero-order chi connectivity index (χ0) is 13.2. The van der Waals surface area contributed by atoms with Crippen LogP contribution in [-0.4, -0.2) is 26.0 Å². The van der Waals surface area contributed by atoms with Gasteiger partial charge in [-0.15, -0.1) is 11.3 Å². The van der Waals surface area contributed by atoms with Crippen LogP contribution in [0.25, 0.3) is 0 Å². The average Bonchev–Trinajstić information content (AvgIpc) is 2.72. The summed E-state index contributed by atoms with van der Waals surface area (Å²) in [6, 6.07) is 4.62. The van der Waals surface area contributed by atoms with Crippen molar-refractivity contribution in [1.82, 2.24) is 5.32 Å². The summed E-state index contributed by atoms with van der Waals surface area (Å²) < 4.78 is 23.2. The molecule has 2 atom stereocenters. The van der Waals surface area contributed by atoms with Gasteiger partial charge in [0.15, 0.2) is 0 Å². The Kier molecular flexibility index (Phi) is 4.45. The Hall–Kier alpha value is -0.390. The summed E-state index contributed by atoms with van der Waals surface area (Å²) in [5, 5.41) is 3.35. The predicted molar refractivity (Wildman–Crippen MR) is 76.8 cm³/mol. The van der Waals surface area contributed by atoms with Crippen LogP contribution in [0.15, 0.2) is 12.1 Å². The van der Waals surface area contributed by atoms with E-state index in [-0.39, 0.29) is 5.25 Å². The smallest absolute Gasteiger partial charge is 0.150 e. The highest BCUT2D eigenvalue weighted by atomic mass is 32.2. The fraction of sp³-hybridized carbons (Fsp3) is 0.692. The maximum Gasteiger partial charge on any atom is 0.150 e. The van der Waals surface area contributed by atoms with Gasteiger partial charge in [0.25, 0.3) is 0 Å². The van der Waals surface area contributed by atoms with Gasteiger partial charge in [0.1, 0.15) is 9.84 Å². The number of thiophene rings is 1. The molecule has 102 valence electrons. The molecule has 1 fully saturated rings. The molecule has 0 amide bonds. The van der Waals surface area contributed by atoms with Crippen LogP contribution in [0.2, 0.25) is 0 Å². The lowest BCUT2D eigenvalue weighted by Crippen LogP contribution is -2.38. The predicted octanol–water partition coefficient (Wildman–Crippen LogP) is 2.50. The van der Waals surface area contributed by atoms with E-state index < -0.39 is 9.84 Å². The van der Waals surface area contributed by atoms with Crippen LogP contribution in [0.1, 0.15) is 35.4 Å². The van der Waals surface area contributed by atoms with Gasteiger partial charge in [-0.2, -0.15) is 0 Å². The summed E-state index contributed by atoms with van der Waals surface area (Å²) in [5.41, 5.74) is 0. The minimum Gasteiger partial charge on any atom is -0.309 e. The summed E-state index contributed by atoms with van der Waals surface area (Å²) in [7, 11) is -2.88. The molecular weight excluding hydrogens is 266 g/mol. The minimum atomic E-state index is -2.88. The number of sulfone groups is 1. The lowest BCUT2D eigenvalue weighted by Gasteiger charge is -2.28. The van der Waals surface area contributed by atoms with Crippen molar-refractivity contribution in [2.45, 2.75) is 50.4 Å². The van der Waals surface area contributed by atoms with E-state index in [0.717, 1.165) is 32.2 Å². The lowest BCUT2D eigenvalue weighted by atomic mass is 9.95. The van der Waals surface area contributed by atoms with Gasteiger partial charge in [-0.25, -0.2) is 8.42 Å². The molecule has 1 aromatic rings. The van der Waals surface area contributed by atoms with E-state index in [1.807, 2.05) is 0 Å². The summed E-state index contributed by atoms with van der Waals surface area (Å²) in [6.45, 7) is 2.97. The van der Waals surface area contributed by atoms with Crippen molar-refractivity contribution in [3.05, 3.63) is 21.9 Å². The van der Waals surface area contributed by atoms with Crippen LogP contribution in [0.5, 0.6) is 0 Å². The first-order valence-corrected chi connectivity index (χ1v) is 9.20. The molecule has 2 rings (SSSR count). The van der Waals surface area contributed by atoms with E-state index in [1.165, 1.54) is 16.0 Å². The maximum absolute atomic E-state index is 11.6. The molecular formula is C13H21NO2S2. The maximum atomic E-state index is 11.6. The van der Waals surface area contributed by atoms with E-state index in [4.69, 9.17) is 0 Å². The van der Waals surface area contributed by atoms with Crippen molar-refractivity contribution >= 4 is 21.2 Å². The van der Waals surface area contributed by atoms with Gasteiger partial charge >= 0.3 is 0 Å². The molecule has 1 saturated carbocycles. The molecule has 2 unspecified atom stereocenters. The van der Waals surface area contributed by atoms with Crippen LogP contribution in [0.4, 0.5) is 0 Å². The highest BCUT2D eigenvalue weighted by Gasteiger charge is 2.28. The summed E-state index contributed by atoms with van der Waals surface area (Å²) in [5.74, 6) is 0. The Morgan fingerprint density at radius 3 is 2.78 bits per heavy atom. The SMILES string of the molecule is Cc1ccc(CNC2CCCC(S(C)(=O)=O)C2)s1. The molecule has 0 bridgehead atoms.